The highest BCUT2D eigenvalue weighted by Gasteiger charge is 2.23. The van der Waals surface area contributed by atoms with E-state index in [2.05, 4.69) is 17.9 Å². The Bertz CT molecular complexity index is 957. The summed E-state index contributed by atoms with van der Waals surface area (Å²) in [6, 6.07) is 16.0. The highest BCUT2D eigenvalue weighted by Crippen LogP contribution is 2.31. The van der Waals surface area contributed by atoms with Gasteiger partial charge >= 0.3 is 0 Å². The third kappa shape index (κ3) is 3.12. The van der Waals surface area contributed by atoms with E-state index in [4.69, 9.17) is 9.47 Å². The Kier molecular flexibility index (Phi) is 4.51. The van der Waals surface area contributed by atoms with E-state index in [1.165, 1.54) is 0 Å². The average Bonchev–Trinajstić information content (AvgIpc) is 3.04. The van der Waals surface area contributed by atoms with Crippen LogP contribution < -0.4 is 9.47 Å². The SMILES string of the molecule is CCN(Cc1cn2ccccc2c1C#N)C[C@@H]1COc2ccccc2O1. The van der Waals surface area contributed by atoms with Crippen LogP contribution in [0, 0.1) is 11.3 Å². The maximum Gasteiger partial charge on any atom is 0.161 e. The van der Waals surface area contributed by atoms with Crippen LogP contribution in [0.15, 0.2) is 54.9 Å². The lowest BCUT2D eigenvalue weighted by Gasteiger charge is -2.30. The first-order valence-corrected chi connectivity index (χ1v) is 8.88. The molecule has 0 saturated heterocycles. The average molecular weight is 347 g/mol. The molecule has 1 atom stereocenters. The van der Waals surface area contributed by atoms with Crippen LogP contribution in [0.3, 0.4) is 0 Å². The fraction of sp³-hybridized carbons (Fsp3) is 0.286. The van der Waals surface area contributed by atoms with Crippen molar-refractivity contribution < 1.29 is 9.47 Å². The summed E-state index contributed by atoms with van der Waals surface area (Å²) in [5.41, 5.74) is 2.74. The van der Waals surface area contributed by atoms with Crippen LogP contribution in [-0.4, -0.2) is 35.1 Å². The summed E-state index contributed by atoms with van der Waals surface area (Å²) in [7, 11) is 0. The number of benzene rings is 1. The van der Waals surface area contributed by atoms with E-state index in [0.717, 1.165) is 41.2 Å². The minimum atomic E-state index is -0.0209. The fourth-order valence-corrected chi connectivity index (χ4v) is 3.41. The van der Waals surface area contributed by atoms with Crippen molar-refractivity contribution in [1.29, 1.82) is 5.26 Å². The van der Waals surface area contributed by atoms with E-state index in [1.54, 1.807) is 0 Å². The Labute approximate surface area is 153 Å². The monoisotopic (exact) mass is 347 g/mol. The van der Waals surface area contributed by atoms with Crippen LogP contribution in [0.4, 0.5) is 0 Å². The summed E-state index contributed by atoms with van der Waals surface area (Å²) < 4.78 is 13.9. The molecule has 0 spiro atoms. The Morgan fingerprint density at radius 3 is 2.81 bits per heavy atom. The summed E-state index contributed by atoms with van der Waals surface area (Å²) in [5.74, 6) is 1.60. The highest BCUT2D eigenvalue weighted by molar-refractivity contribution is 5.65. The van der Waals surface area contributed by atoms with Gasteiger partial charge in [0.15, 0.2) is 11.5 Å². The molecule has 3 heterocycles. The molecule has 26 heavy (non-hydrogen) atoms. The number of rotatable bonds is 5. The molecule has 5 heteroatoms. The largest absolute Gasteiger partial charge is 0.486 e. The number of nitriles is 1. The summed E-state index contributed by atoms with van der Waals surface area (Å²) in [6.45, 7) is 5.00. The van der Waals surface area contributed by atoms with Gasteiger partial charge in [-0.25, -0.2) is 0 Å². The van der Waals surface area contributed by atoms with Crippen molar-refractivity contribution in [3.05, 3.63) is 66.0 Å². The zero-order valence-corrected chi connectivity index (χ0v) is 14.8. The number of hydrogen-bond acceptors (Lipinski definition) is 4. The molecule has 0 fully saturated rings. The standard InChI is InChI=1S/C21H21N3O2/c1-2-23(14-17-15-25-20-8-3-4-9-21(20)26-17)12-16-13-24-10-6-5-7-19(24)18(16)11-22/h3-10,13,17H,2,12,14-15H2,1H3/t17-/m1/s1. The molecule has 1 aromatic carbocycles. The summed E-state index contributed by atoms with van der Waals surface area (Å²) >= 11 is 0. The molecule has 0 N–H and O–H groups in total. The fourth-order valence-electron chi connectivity index (χ4n) is 3.41. The molecule has 3 aromatic rings. The predicted octanol–water partition coefficient (Wildman–Crippen LogP) is 3.47. The van der Waals surface area contributed by atoms with E-state index < -0.39 is 0 Å². The van der Waals surface area contributed by atoms with Gasteiger partial charge in [-0.2, -0.15) is 5.26 Å². The molecule has 0 unspecified atom stereocenters. The van der Waals surface area contributed by atoms with Crippen LogP contribution in [0.1, 0.15) is 18.1 Å². The molecule has 4 rings (SSSR count). The van der Waals surface area contributed by atoms with Crippen molar-refractivity contribution in [3.63, 3.8) is 0 Å². The quantitative estimate of drug-likeness (QED) is 0.709. The number of hydrogen-bond donors (Lipinski definition) is 0. The van der Waals surface area contributed by atoms with Gasteiger partial charge in [-0.3, -0.25) is 4.90 Å². The Hall–Kier alpha value is -2.97. The molecule has 5 nitrogen and oxygen atoms in total. The van der Waals surface area contributed by atoms with Crippen LogP contribution in [0.5, 0.6) is 11.5 Å². The van der Waals surface area contributed by atoms with Gasteiger partial charge in [-0.15, -0.1) is 0 Å². The molecular weight excluding hydrogens is 326 g/mol. The summed E-state index contributed by atoms with van der Waals surface area (Å²) in [5, 5.41) is 9.60. The second kappa shape index (κ2) is 7.11. The van der Waals surface area contributed by atoms with Gasteiger partial charge in [0.25, 0.3) is 0 Å². The molecule has 0 aliphatic carbocycles. The first-order valence-electron chi connectivity index (χ1n) is 8.88. The zero-order chi connectivity index (χ0) is 17.9. The van der Waals surface area contributed by atoms with Gasteiger partial charge in [0.05, 0.1) is 11.1 Å². The van der Waals surface area contributed by atoms with Crippen LogP contribution in [-0.2, 0) is 6.54 Å². The minimum absolute atomic E-state index is 0.0209. The predicted molar refractivity (Wildman–Crippen MR) is 99.4 cm³/mol. The van der Waals surface area contributed by atoms with Crippen LogP contribution >= 0.6 is 0 Å². The number of pyridine rings is 1. The molecular formula is C21H21N3O2. The molecule has 132 valence electrons. The van der Waals surface area contributed by atoms with Crippen molar-refractivity contribution in [2.75, 3.05) is 19.7 Å². The normalized spacial score (nSPS) is 16.0. The lowest BCUT2D eigenvalue weighted by molar-refractivity contribution is 0.0580. The van der Waals surface area contributed by atoms with E-state index in [-0.39, 0.29) is 6.10 Å². The van der Waals surface area contributed by atoms with Gasteiger partial charge in [0.2, 0.25) is 0 Å². The summed E-state index contributed by atoms with van der Waals surface area (Å²) in [6.07, 6.45) is 4.00. The first-order chi connectivity index (χ1) is 12.8. The third-order valence-electron chi connectivity index (χ3n) is 4.74. The Morgan fingerprint density at radius 2 is 2.00 bits per heavy atom. The first kappa shape index (κ1) is 16.5. The Morgan fingerprint density at radius 1 is 1.19 bits per heavy atom. The topological polar surface area (TPSA) is 49.9 Å². The van der Waals surface area contributed by atoms with E-state index in [0.29, 0.717) is 13.2 Å². The van der Waals surface area contributed by atoms with Crippen LogP contribution in [0.25, 0.3) is 5.52 Å². The molecule has 0 saturated carbocycles. The summed E-state index contributed by atoms with van der Waals surface area (Å²) in [4.78, 5) is 2.29. The zero-order valence-electron chi connectivity index (χ0n) is 14.8. The van der Waals surface area contributed by atoms with Gasteiger partial charge < -0.3 is 13.9 Å². The van der Waals surface area contributed by atoms with Crippen molar-refractivity contribution in [3.8, 4) is 17.6 Å². The molecule has 0 radical (unpaired) electrons. The second-order valence-corrected chi connectivity index (χ2v) is 6.46. The minimum Gasteiger partial charge on any atom is -0.486 e. The molecule has 0 amide bonds. The number of nitrogens with zero attached hydrogens (tertiary/aromatic N) is 3. The third-order valence-corrected chi connectivity index (χ3v) is 4.74. The number of para-hydroxylation sites is 2. The Balaban J connectivity index is 1.50. The highest BCUT2D eigenvalue weighted by atomic mass is 16.6. The van der Waals surface area contributed by atoms with Gasteiger partial charge in [-0.1, -0.05) is 25.1 Å². The van der Waals surface area contributed by atoms with Crippen LogP contribution in [0.2, 0.25) is 0 Å². The smallest absolute Gasteiger partial charge is 0.161 e. The van der Waals surface area contributed by atoms with E-state index in [1.807, 2.05) is 59.3 Å². The van der Waals surface area contributed by atoms with Gasteiger partial charge in [-0.05, 0) is 30.8 Å². The second-order valence-electron chi connectivity index (χ2n) is 6.46. The number of fused-ring (bicyclic) bond motifs is 2. The molecule has 2 aromatic heterocycles. The van der Waals surface area contributed by atoms with E-state index >= 15 is 0 Å². The van der Waals surface area contributed by atoms with Crippen molar-refractivity contribution in [2.24, 2.45) is 0 Å². The molecule has 1 aliphatic heterocycles. The molecule has 1 aliphatic rings. The maximum absolute atomic E-state index is 9.60. The lowest BCUT2D eigenvalue weighted by Crippen LogP contribution is -2.40. The number of ether oxygens (including phenoxy) is 2. The van der Waals surface area contributed by atoms with Gasteiger partial charge in [0, 0.05) is 31.0 Å². The van der Waals surface area contributed by atoms with Crippen molar-refractivity contribution >= 4 is 5.52 Å². The van der Waals surface area contributed by atoms with Crippen molar-refractivity contribution in [2.45, 2.75) is 19.6 Å². The van der Waals surface area contributed by atoms with E-state index in [9.17, 15) is 5.26 Å². The van der Waals surface area contributed by atoms with Gasteiger partial charge in [0.1, 0.15) is 18.8 Å². The lowest BCUT2D eigenvalue weighted by atomic mass is 10.1. The molecule has 0 bridgehead atoms. The van der Waals surface area contributed by atoms with Crippen molar-refractivity contribution in [1.82, 2.24) is 9.30 Å². The number of aromatic nitrogens is 1. The number of likely N-dealkylation sites (N-methyl/N-ethyl adjacent to an activating group) is 1. The maximum atomic E-state index is 9.60.